The number of hydrogen-bond acceptors (Lipinski definition) is 4. The minimum Gasteiger partial charge on any atom is -0.354 e. The van der Waals surface area contributed by atoms with E-state index in [2.05, 4.69) is 41.3 Å². The molecular formula is C18H22N4O. The first-order valence-corrected chi connectivity index (χ1v) is 7.88. The summed E-state index contributed by atoms with van der Waals surface area (Å²) >= 11 is 0. The molecule has 1 saturated heterocycles. The van der Waals surface area contributed by atoms with Gasteiger partial charge in [-0.1, -0.05) is 17.7 Å². The molecule has 5 heteroatoms. The lowest BCUT2D eigenvalue weighted by Gasteiger charge is -2.32. The van der Waals surface area contributed by atoms with Crippen LogP contribution in [0.4, 0.5) is 11.4 Å². The molecule has 1 aromatic heterocycles. The van der Waals surface area contributed by atoms with Crippen LogP contribution in [0.1, 0.15) is 15.9 Å². The zero-order valence-electron chi connectivity index (χ0n) is 13.6. The fourth-order valence-electron chi connectivity index (χ4n) is 2.62. The summed E-state index contributed by atoms with van der Waals surface area (Å²) in [6.45, 7) is 5.43. The number of anilines is 2. The van der Waals surface area contributed by atoms with Gasteiger partial charge in [-0.2, -0.15) is 0 Å². The van der Waals surface area contributed by atoms with Gasteiger partial charge in [0, 0.05) is 38.1 Å². The van der Waals surface area contributed by atoms with Crippen LogP contribution in [-0.4, -0.2) is 53.9 Å². The van der Waals surface area contributed by atoms with Crippen molar-refractivity contribution < 1.29 is 4.79 Å². The lowest BCUT2D eigenvalue weighted by molar-refractivity contribution is 0.0663. The zero-order chi connectivity index (χ0) is 16.2. The summed E-state index contributed by atoms with van der Waals surface area (Å²) < 4.78 is 0. The average Bonchev–Trinajstić information content (AvgIpc) is 2.57. The van der Waals surface area contributed by atoms with Gasteiger partial charge in [0.15, 0.2) is 0 Å². The fraction of sp³-hybridized carbons (Fsp3) is 0.333. The molecule has 2 aromatic rings. The second-order valence-corrected chi connectivity index (χ2v) is 6.05. The topological polar surface area (TPSA) is 48.5 Å². The van der Waals surface area contributed by atoms with Crippen molar-refractivity contribution in [2.45, 2.75) is 6.92 Å². The predicted octanol–water partition coefficient (Wildman–Crippen LogP) is 2.52. The molecule has 1 aliphatic rings. The van der Waals surface area contributed by atoms with Gasteiger partial charge in [-0.25, -0.2) is 0 Å². The molecule has 0 atom stereocenters. The average molecular weight is 310 g/mol. The third-order valence-electron chi connectivity index (χ3n) is 4.12. The van der Waals surface area contributed by atoms with Crippen molar-refractivity contribution in [1.82, 2.24) is 14.8 Å². The van der Waals surface area contributed by atoms with Crippen LogP contribution in [0.15, 0.2) is 42.7 Å². The molecule has 1 fully saturated rings. The zero-order valence-corrected chi connectivity index (χ0v) is 13.6. The monoisotopic (exact) mass is 310 g/mol. The SMILES string of the molecule is Cc1ccc(Nc2cncc(C(=O)N3CCN(C)CC3)c2)cc1. The summed E-state index contributed by atoms with van der Waals surface area (Å²) in [5.74, 6) is 0.0538. The van der Waals surface area contributed by atoms with Crippen molar-refractivity contribution >= 4 is 17.3 Å². The van der Waals surface area contributed by atoms with Crippen LogP contribution in [0.5, 0.6) is 0 Å². The first kappa shape index (κ1) is 15.5. The highest BCUT2D eigenvalue weighted by Gasteiger charge is 2.20. The standard InChI is InChI=1S/C18H22N4O/c1-14-3-5-16(6-4-14)20-17-11-15(12-19-13-17)18(23)22-9-7-21(2)8-10-22/h3-6,11-13,20H,7-10H2,1-2H3. The number of piperazine rings is 1. The molecule has 0 bridgehead atoms. The quantitative estimate of drug-likeness (QED) is 0.946. The number of pyridine rings is 1. The molecule has 0 spiro atoms. The van der Waals surface area contributed by atoms with Crippen molar-refractivity contribution in [2.75, 3.05) is 38.5 Å². The number of carbonyl (C=O) groups is 1. The van der Waals surface area contributed by atoms with E-state index in [9.17, 15) is 4.79 Å². The Morgan fingerprint density at radius 2 is 1.74 bits per heavy atom. The van der Waals surface area contributed by atoms with E-state index in [1.807, 2.05) is 23.1 Å². The summed E-state index contributed by atoms with van der Waals surface area (Å²) in [4.78, 5) is 20.9. The minimum absolute atomic E-state index is 0.0538. The number of aromatic nitrogens is 1. The lowest BCUT2D eigenvalue weighted by Crippen LogP contribution is -2.47. The Labute approximate surface area is 136 Å². The van der Waals surface area contributed by atoms with Crippen LogP contribution < -0.4 is 5.32 Å². The van der Waals surface area contributed by atoms with Crippen molar-refractivity contribution in [3.63, 3.8) is 0 Å². The maximum absolute atomic E-state index is 12.6. The Morgan fingerprint density at radius 1 is 1.04 bits per heavy atom. The Balaban J connectivity index is 1.71. The highest BCUT2D eigenvalue weighted by molar-refractivity contribution is 5.95. The molecule has 0 unspecified atom stereocenters. The number of aryl methyl sites for hydroxylation is 1. The second-order valence-electron chi connectivity index (χ2n) is 6.05. The van der Waals surface area contributed by atoms with E-state index in [1.54, 1.807) is 12.4 Å². The summed E-state index contributed by atoms with van der Waals surface area (Å²) in [5.41, 5.74) is 3.66. The van der Waals surface area contributed by atoms with E-state index < -0.39 is 0 Å². The van der Waals surface area contributed by atoms with Crippen LogP contribution in [0, 0.1) is 6.92 Å². The van der Waals surface area contributed by atoms with Gasteiger partial charge in [-0.15, -0.1) is 0 Å². The maximum Gasteiger partial charge on any atom is 0.255 e. The number of likely N-dealkylation sites (N-methyl/N-ethyl adjacent to an activating group) is 1. The number of benzene rings is 1. The van der Waals surface area contributed by atoms with E-state index >= 15 is 0 Å². The molecule has 2 heterocycles. The summed E-state index contributed by atoms with van der Waals surface area (Å²) in [6, 6.07) is 10.0. The molecule has 120 valence electrons. The minimum atomic E-state index is 0.0538. The Morgan fingerprint density at radius 3 is 2.43 bits per heavy atom. The van der Waals surface area contributed by atoms with E-state index in [0.29, 0.717) is 5.56 Å². The highest BCUT2D eigenvalue weighted by atomic mass is 16.2. The second kappa shape index (κ2) is 6.79. The van der Waals surface area contributed by atoms with E-state index in [4.69, 9.17) is 0 Å². The smallest absolute Gasteiger partial charge is 0.255 e. The van der Waals surface area contributed by atoms with Crippen LogP contribution in [0.3, 0.4) is 0 Å². The van der Waals surface area contributed by atoms with Gasteiger partial charge < -0.3 is 15.1 Å². The molecular weight excluding hydrogens is 288 g/mol. The molecule has 3 rings (SSSR count). The third kappa shape index (κ3) is 3.87. The van der Waals surface area contributed by atoms with Crippen LogP contribution >= 0.6 is 0 Å². The van der Waals surface area contributed by atoms with Crippen LogP contribution in [-0.2, 0) is 0 Å². The lowest BCUT2D eigenvalue weighted by atomic mass is 10.2. The number of hydrogen-bond donors (Lipinski definition) is 1. The summed E-state index contributed by atoms with van der Waals surface area (Å²) in [6.07, 6.45) is 3.38. The van der Waals surface area contributed by atoms with E-state index in [0.717, 1.165) is 37.6 Å². The largest absolute Gasteiger partial charge is 0.354 e. The number of rotatable bonds is 3. The molecule has 1 aromatic carbocycles. The predicted molar refractivity (Wildman–Crippen MR) is 92.1 cm³/mol. The molecule has 1 amide bonds. The highest BCUT2D eigenvalue weighted by Crippen LogP contribution is 2.18. The van der Waals surface area contributed by atoms with Crippen molar-refractivity contribution in [2.24, 2.45) is 0 Å². The third-order valence-corrected chi connectivity index (χ3v) is 4.12. The van der Waals surface area contributed by atoms with Gasteiger partial charge in [-0.05, 0) is 32.2 Å². The number of nitrogens with zero attached hydrogens (tertiary/aromatic N) is 3. The first-order valence-electron chi connectivity index (χ1n) is 7.88. The molecule has 0 aliphatic carbocycles. The molecule has 0 radical (unpaired) electrons. The van der Waals surface area contributed by atoms with Gasteiger partial charge in [0.25, 0.3) is 5.91 Å². The van der Waals surface area contributed by atoms with Crippen molar-refractivity contribution in [3.8, 4) is 0 Å². The van der Waals surface area contributed by atoms with Crippen molar-refractivity contribution in [1.29, 1.82) is 0 Å². The fourth-order valence-corrected chi connectivity index (χ4v) is 2.62. The normalized spacial score (nSPS) is 15.5. The Kier molecular flexibility index (Phi) is 4.57. The molecule has 23 heavy (non-hydrogen) atoms. The van der Waals surface area contributed by atoms with Crippen LogP contribution in [0.25, 0.3) is 0 Å². The molecule has 1 N–H and O–H groups in total. The van der Waals surface area contributed by atoms with Gasteiger partial charge in [0.2, 0.25) is 0 Å². The van der Waals surface area contributed by atoms with Gasteiger partial charge in [0.1, 0.15) is 0 Å². The maximum atomic E-state index is 12.6. The van der Waals surface area contributed by atoms with E-state index in [-0.39, 0.29) is 5.91 Å². The summed E-state index contributed by atoms with van der Waals surface area (Å²) in [5, 5.41) is 3.29. The van der Waals surface area contributed by atoms with Crippen molar-refractivity contribution in [3.05, 3.63) is 53.9 Å². The molecule has 5 nitrogen and oxygen atoms in total. The summed E-state index contributed by atoms with van der Waals surface area (Å²) in [7, 11) is 2.08. The number of amides is 1. The van der Waals surface area contributed by atoms with Gasteiger partial charge >= 0.3 is 0 Å². The number of carbonyl (C=O) groups excluding carboxylic acids is 1. The molecule has 1 aliphatic heterocycles. The Bertz CT molecular complexity index is 676. The Hall–Kier alpha value is -2.40. The number of nitrogens with one attached hydrogen (secondary N) is 1. The van der Waals surface area contributed by atoms with Gasteiger partial charge in [0.05, 0.1) is 17.4 Å². The van der Waals surface area contributed by atoms with Gasteiger partial charge in [-0.3, -0.25) is 9.78 Å². The van der Waals surface area contributed by atoms with Crippen LogP contribution in [0.2, 0.25) is 0 Å². The van der Waals surface area contributed by atoms with E-state index in [1.165, 1.54) is 5.56 Å². The first-order chi connectivity index (χ1) is 11.1. The molecule has 0 saturated carbocycles.